The molecule has 6 heteroatoms. The molecule has 1 aliphatic heterocycles. The van der Waals surface area contributed by atoms with Crippen molar-refractivity contribution in [1.82, 2.24) is 14.9 Å². The Morgan fingerprint density at radius 2 is 1.82 bits per heavy atom. The molecule has 0 spiro atoms. The highest BCUT2D eigenvalue weighted by molar-refractivity contribution is 5.82. The Bertz CT molecular complexity index is 1020. The number of aliphatic hydroxyl groups is 1. The maximum atomic E-state index is 10.6. The van der Waals surface area contributed by atoms with Crippen molar-refractivity contribution in [3.63, 3.8) is 0 Å². The maximum Gasteiger partial charge on any atom is 0.152 e. The quantitative estimate of drug-likeness (QED) is 0.541. The van der Waals surface area contributed by atoms with Crippen LogP contribution in [0.15, 0.2) is 54.3 Å². The zero-order valence-electron chi connectivity index (χ0n) is 15.9. The Morgan fingerprint density at radius 3 is 2.54 bits per heavy atom. The van der Waals surface area contributed by atoms with Crippen LogP contribution in [0.5, 0.6) is 0 Å². The first kappa shape index (κ1) is 18.1. The van der Waals surface area contributed by atoms with E-state index >= 15 is 0 Å². The van der Waals surface area contributed by atoms with Gasteiger partial charge in [-0.15, -0.1) is 0 Å². The van der Waals surface area contributed by atoms with Gasteiger partial charge in [-0.1, -0.05) is 30.3 Å². The number of aromatic nitrogens is 2. The SMILES string of the molecule is Cc1ccccc1N1CCN(C/C(O)=C(\C#N)c2nc3ccccc3[nH]2)CC1. The molecule has 142 valence electrons. The standard InChI is InChI=1S/C22H23N5O/c1-16-6-2-5-9-20(16)27-12-10-26(11-13-27)15-21(28)17(14-23)22-24-18-7-3-4-8-19(18)25-22/h2-9,28H,10-13,15H2,1H3,(H,24,25)/b21-17-. The molecule has 1 fully saturated rings. The highest BCUT2D eigenvalue weighted by Gasteiger charge is 2.21. The van der Waals surface area contributed by atoms with Gasteiger partial charge in [-0.05, 0) is 30.7 Å². The fourth-order valence-corrected chi connectivity index (χ4v) is 3.68. The number of fused-ring (bicyclic) bond motifs is 1. The van der Waals surface area contributed by atoms with Crippen molar-refractivity contribution < 1.29 is 5.11 Å². The number of H-pyrrole nitrogens is 1. The van der Waals surface area contributed by atoms with Crippen LogP contribution in [0.25, 0.3) is 16.6 Å². The van der Waals surface area contributed by atoms with E-state index in [9.17, 15) is 10.4 Å². The summed E-state index contributed by atoms with van der Waals surface area (Å²) in [4.78, 5) is 12.1. The van der Waals surface area contributed by atoms with E-state index in [1.165, 1.54) is 11.3 Å². The summed E-state index contributed by atoms with van der Waals surface area (Å²) in [6, 6.07) is 18.1. The molecule has 0 aliphatic carbocycles. The van der Waals surface area contributed by atoms with E-state index in [2.05, 4.69) is 57.0 Å². The molecule has 0 saturated carbocycles. The van der Waals surface area contributed by atoms with Crippen molar-refractivity contribution in [2.75, 3.05) is 37.6 Å². The van der Waals surface area contributed by atoms with E-state index < -0.39 is 0 Å². The second kappa shape index (κ2) is 7.75. The normalized spacial score (nSPS) is 16.1. The van der Waals surface area contributed by atoms with Gasteiger partial charge in [0.15, 0.2) is 5.82 Å². The van der Waals surface area contributed by atoms with Crippen molar-refractivity contribution in [2.45, 2.75) is 6.92 Å². The first-order valence-electron chi connectivity index (χ1n) is 9.46. The molecule has 0 unspecified atom stereocenters. The van der Waals surface area contributed by atoms with E-state index in [-0.39, 0.29) is 11.3 Å². The number of hydrogen-bond acceptors (Lipinski definition) is 5. The smallest absolute Gasteiger partial charge is 0.152 e. The number of imidazole rings is 1. The van der Waals surface area contributed by atoms with E-state index in [1.807, 2.05) is 24.3 Å². The summed E-state index contributed by atoms with van der Waals surface area (Å²) in [5.74, 6) is 0.477. The lowest BCUT2D eigenvalue weighted by atomic mass is 10.1. The molecule has 1 aliphatic rings. The number of allylic oxidation sites excluding steroid dienone is 1. The number of hydrogen-bond donors (Lipinski definition) is 2. The Hall–Kier alpha value is -3.30. The third-order valence-electron chi connectivity index (χ3n) is 5.23. The molecule has 1 saturated heterocycles. The number of aryl methyl sites for hydroxylation is 1. The van der Waals surface area contributed by atoms with E-state index in [0.29, 0.717) is 12.4 Å². The molecule has 2 aromatic carbocycles. The van der Waals surface area contributed by atoms with Gasteiger partial charge in [0.1, 0.15) is 17.4 Å². The number of para-hydroxylation sites is 3. The number of nitrogens with one attached hydrogen (secondary N) is 1. The summed E-state index contributed by atoms with van der Waals surface area (Å²) in [6.45, 7) is 5.92. The van der Waals surface area contributed by atoms with Crippen LogP contribution in [-0.4, -0.2) is 52.7 Å². The van der Waals surface area contributed by atoms with E-state index in [1.54, 1.807) is 0 Å². The molecular weight excluding hydrogens is 350 g/mol. The first-order chi connectivity index (χ1) is 13.7. The molecule has 6 nitrogen and oxygen atoms in total. The second-order valence-corrected chi connectivity index (χ2v) is 7.09. The van der Waals surface area contributed by atoms with Gasteiger partial charge < -0.3 is 15.0 Å². The van der Waals surface area contributed by atoms with Crippen molar-refractivity contribution >= 4 is 22.3 Å². The number of aliphatic hydroxyl groups excluding tert-OH is 1. The lowest BCUT2D eigenvalue weighted by Crippen LogP contribution is -2.47. The molecule has 28 heavy (non-hydrogen) atoms. The van der Waals surface area contributed by atoms with Crippen LogP contribution < -0.4 is 4.90 Å². The number of rotatable bonds is 4. The number of piperazine rings is 1. The minimum atomic E-state index is 0.0610. The van der Waals surface area contributed by atoms with Gasteiger partial charge in [0.25, 0.3) is 0 Å². The van der Waals surface area contributed by atoms with Crippen molar-refractivity contribution in [2.24, 2.45) is 0 Å². The van der Waals surface area contributed by atoms with Crippen LogP contribution in [-0.2, 0) is 0 Å². The van der Waals surface area contributed by atoms with Crippen LogP contribution in [0.2, 0.25) is 0 Å². The third-order valence-corrected chi connectivity index (χ3v) is 5.23. The molecule has 3 aromatic rings. The Labute approximate surface area is 164 Å². The van der Waals surface area contributed by atoms with Crippen molar-refractivity contribution in [3.8, 4) is 6.07 Å². The van der Waals surface area contributed by atoms with Gasteiger partial charge in [0.2, 0.25) is 0 Å². The molecule has 4 rings (SSSR count). The highest BCUT2D eigenvalue weighted by atomic mass is 16.3. The van der Waals surface area contributed by atoms with Gasteiger partial charge in [0, 0.05) is 31.9 Å². The van der Waals surface area contributed by atoms with Crippen LogP contribution >= 0.6 is 0 Å². The zero-order valence-corrected chi connectivity index (χ0v) is 15.9. The second-order valence-electron chi connectivity index (χ2n) is 7.09. The summed E-state index contributed by atoms with van der Waals surface area (Å²) in [5, 5.41) is 20.2. The van der Waals surface area contributed by atoms with E-state index in [0.717, 1.165) is 37.2 Å². The lowest BCUT2D eigenvalue weighted by Gasteiger charge is -2.36. The molecule has 2 N–H and O–H groups in total. The Kier molecular flexibility index (Phi) is 5.00. The topological polar surface area (TPSA) is 79.2 Å². The number of aromatic amines is 1. The van der Waals surface area contributed by atoms with Crippen LogP contribution in [0.3, 0.4) is 0 Å². The Balaban J connectivity index is 1.46. The summed E-state index contributed by atoms with van der Waals surface area (Å²) < 4.78 is 0. The molecule has 1 aromatic heterocycles. The number of nitriles is 1. The molecule has 2 heterocycles. The predicted molar refractivity (Wildman–Crippen MR) is 111 cm³/mol. The Morgan fingerprint density at radius 1 is 1.11 bits per heavy atom. The average Bonchev–Trinajstić information content (AvgIpc) is 3.13. The predicted octanol–water partition coefficient (Wildman–Crippen LogP) is 3.49. The minimum absolute atomic E-state index is 0.0610. The van der Waals surface area contributed by atoms with Gasteiger partial charge in [0.05, 0.1) is 17.6 Å². The molecular formula is C22H23N5O. The monoisotopic (exact) mass is 373 g/mol. The first-order valence-corrected chi connectivity index (χ1v) is 9.46. The molecule has 0 bridgehead atoms. The molecule has 0 atom stereocenters. The summed E-state index contributed by atoms with van der Waals surface area (Å²) in [6.07, 6.45) is 0. The molecule has 0 radical (unpaired) electrons. The summed E-state index contributed by atoms with van der Waals surface area (Å²) in [7, 11) is 0. The summed E-state index contributed by atoms with van der Waals surface area (Å²) in [5.41, 5.74) is 4.38. The van der Waals surface area contributed by atoms with Gasteiger partial charge in [-0.25, -0.2) is 4.98 Å². The fourth-order valence-electron chi connectivity index (χ4n) is 3.68. The van der Waals surface area contributed by atoms with Crippen molar-refractivity contribution in [1.29, 1.82) is 5.26 Å². The minimum Gasteiger partial charge on any atom is -0.509 e. The summed E-state index contributed by atoms with van der Waals surface area (Å²) >= 11 is 0. The number of benzene rings is 2. The van der Waals surface area contributed by atoms with Gasteiger partial charge >= 0.3 is 0 Å². The maximum absolute atomic E-state index is 10.6. The largest absolute Gasteiger partial charge is 0.509 e. The number of anilines is 1. The zero-order chi connectivity index (χ0) is 19.5. The van der Waals surface area contributed by atoms with Gasteiger partial charge in [-0.2, -0.15) is 5.26 Å². The highest BCUT2D eigenvalue weighted by Crippen LogP contribution is 2.22. The number of nitrogens with zero attached hydrogens (tertiary/aromatic N) is 4. The lowest BCUT2D eigenvalue weighted by molar-refractivity contribution is 0.239. The fraction of sp³-hybridized carbons (Fsp3) is 0.273. The van der Waals surface area contributed by atoms with E-state index in [4.69, 9.17) is 0 Å². The molecule has 0 amide bonds. The van der Waals surface area contributed by atoms with Crippen molar-refractivity contribution in [3.05, 3.63) is 65.7 Å². The van der Waals surface area contributed by atoms with Gasteiger partial charge in [-0.3, -0.25) is 4.90 Å². The third kappa shape index (κ3) is 3.57. The average molecular weight is 373 g/mol. The van der Waals surface area contributed by atoms with Crippen LogP contribution in [0.1, 0.15) is 11.4 Å². The van der Waals surface area contributed by atoms with Crippen LogP contribution in [0.4, 0.5) is 5.69 Å². The van der Waals surface area contributed by atoms with Crippen LogP contribution in [0, 0.1) is 18.3 Å².